The van der Waals surface area contributed by atoms with E-state index in [1.165, 1.54) is 28.0 Å². The number of sulfonamides is 1. The van der Waals surface area contributed by atoms with Gasteiger partial charge in [-0.15, -0.1) is 0 Å². The second kappa shape index (κ2) is 7.41. The summed E-state index contributed by atoms with van der Waals surface area (Å²) >= 11 is 12.2. The van der Waals surface area contributed by atoms with Crippen molar-refractivity contribution in [3.63, 3.8) is 0 Å². The van der Waals surface area contributed by atoms with Crippen LogP contribution in [0.3, 0.4) is 0 Å². The first-order chi connectivity index (χ1) is 13.8. The minimum absolute atomic E-state index is 0.193. The molecule has 0 radical (unpaired) electrons. The van der Waals surface area contributed by atoms with Gasteiger partial charge in [-0.3, -0.25) is 10.0 Å². The van der Waals surface area contributed by atoms with Gasteiger partial charge in [-0.25, -0.2) is 13.9 Å². The highest BCUT2D eigenvalue weighted by Crippen LogP contribution is 2.60. The first-order valence-corrected chi connectivity index (χ1v) is 11.1. The van der Waals surface area contributed by atoms with E-state index in [4.69, 9.17) is 28.4 Å². The van der Waals surface area contributed by atoms with Gasteiger partial charge in [-0.1, -0.05) is 41.4 Å². The number of hydrogen-bond acceptors (Lipinski definition) is 4. The number of carbonyl (C=O) groups is 1. The van der Waals surface area contributed by atoms with Crippen LogP contribution >= 0.6 is 23.2 Å². The Labute approximate surface area is 178 Å². The van der Waals surface area contributed by atoms with Crippen molar-refractivity contribution in [1.29, 1.82) is 0 Å². The summed E-state index contributed by atoms with van der Waals surface area (Å²) in [4.78, 5) is 11.2. The van der Waals surface area contributed by atoms with Gasteiger partial charge in [0.15, 0.2) is 0 Å². The minimum atomic E-state index is -3.63. The third-order valence-electron chi connectivity index (χ3n) is 5.66. The molecule has 1 amide bonds. The van der Waals surface area contributed by atoms with Gasteiger partial charge >= 0.3 is 0 Å². The summed E-state index contributed by atoms with van der Waals surface area (Å²) in [6.45, 7) is 0.886. The molecule has 4 rings (SSSR count). The summed E-state index contributed by atoms with van der Waals surface area (Å²) in [5.41, 5.74) is 2.97. The van der Waals surface area contributed by atoms with Crippen LogP contribution in [0.15, 0.2) is 53.4 Å². The second-order valence-corrected chi connectivity index (χ2v) is 10.1. The standard InChI is InChI=1S/C20H18Cl2N2O4S/c21-17-7-4-14(9-18(17)22)20-10-15(20)11-24(12-20)29(27,28)16-5-1-13(2-6-16)3-8-19(25)23-26/h1-9,15,26H,10-12H2,(H,23,25)/b8-3+/t15-,20+/m0/s1. The number of hydroxylamine groups is 1. The number of amides is 1. The Kier molecular flexibility index (Phi) is 5.21. The predicted molar refractivity (Wildman–Crippen MR) is 110 cm³/mol. The summed E-state index contributed by atoms with van der Waals surface area (Å²) < 4.78 is 27.7. The van der Waals surface area contributed by atoms with Gasteiger partial charge in [0, 0.05) is 24.6 Å². The van der Waals surface area contributed by atoms with Crippen LogP contribution in [0.1, 0.15) is 17.5 Å². The summed E-state index contributed by atoms with van der Waals surface area (Å²) in [5.74, 6) is -0.390. The normalized spacial score (nSPS) is 23.9. The largest absolute Gasteiger partial charge is 0.288 e. The highest BCUT2D eigenvalue weighted by atomic mass is 35.5. The van der Waals surface area contributed by atoms with Crippen LogP contribution < -0.4 is 5.48 Å². The van der Waals surface area contributed by atoms with Gasteiger partial charge in [-0.05, 0) is 53.8 Å². The van der Waals surface area contributed by atoms with Gasteiger partial charge in [0.1, 0.15) is 0 Å². The fourth-order valence-electron chi connectivity index (χ4n) is 3.98. The van der Waals surface area contributed by atoms with E-state index >= 15 is 0 Å². The summed E-state index contributed by atoms with van der Waals surface area (Å²) in [6, 6.07) is 11.8. The van der Waals surface area contributed by atoms with Crippen molar-refractivity contribution in [2.24, 2.45) is 5.92 Å². The SMILES string of the molecule is O=C(/C=C/c1ccc(S(=O)(=O)N2C[C@@H]3C[C@]3(c3ccc(Cl)c(Cl)c3)C2)cc1)NO. The molecule has 2 aliphatic rings. The van der Waals surface area contributed by atoms with E-state index in [1.807, 2.05) is 12.1 Å². The second-order valence-electron chi connectivity index (χ2n) is 7.36. The highest BCUT2D eigenvalue weighted by molar-refractivity contribution is 7.89. The number of piperidine rings is 1. The van der Waals surface area contributed by atoms with Crippen LogP contribution in [0.5, 0.6) is 0 Å². The van der Waals surface area contributed by atoms with Gasteiger partial charge in [0.25, 0.3) is 5.91 Å². The highest BCUT2D eigenvalue weighted by Gasteiger charge is 2.62. The molecule has 1 saturated carbocycles. The molecular formula is C20H18Cl2N2O4S. The molecule has 0 spiro atoms. The van der Waals surface area contributed by atoms with Crippen molar-refractivity contribution in [3.05, 3.63) is 69.7 Å². The van der Waals surface area contributed by atoms with Crippen LogP contribution in [0, 0.1) is 5.92 Å². The van der Waals surface area contributed by atoms with Crippen LogP contribution in [-0.2, 0) is 20.2 Å². The van der Waals surface area contributed by atoms with E-state index in [0.717, 1.165) is 18.1 Å². The lowest BCUT2D eigenvalue weighted by molar-refractivity contribution is -0.124. The monoisotopic (exact) mass is 452 g/mol. The smallest absolute Gasteiger partial charge is 0.267 e. The Bertz CT molecular complexity index is 1100. The zero-order valence-corrected chi connectivity index (χ0v) is 17.5. The first kappa shape index (κ1) is 20.4. The van der Waals surface area contributed by atoms with Gasteiger partial charge in [0.05, 0.1) is 14.9 Å². The Hall–Kier alpha value is -1.90. The van der Waals surface area contributed by atoms with Crippen molar-refractivity contribution in [1.82, 2.24) is 9.79 Å². The molecule has 1 heterocycles. The predicted octanol–water partition coefficient (Wildman–Crippen LogP) is 3.47. The maximum atomic E-state index is 13.1. The molecule has 29 heavy (non-hydrogen) atoms. The van der Waals surface area contributed by atoms with E-state index in [0.29, 0.717) is 28.7 Å². The summed E-state index contributed by atoms with van der Waals surface area (Å²) in [7, 11) is -3.63. The number of benzene rings is 2. The summed E-state index contributed by atoms with van der Waals surface area (Å²) in [5, 5.41) is 9.45. The minimum Gasteiger partial charge on any atom is -0.288 e. The molecule has 2 aromatic rings. The molecule has 152 valence electrons. The average Bonchev–Trinajstić information content (AvgIpc) is 3.29. The van der Waals surface area contributed by atoms with E-state index in [9.17, 15) is 13.2 Å². The molecule has 0 aromatic heterocycles. The van der Waals surface area contributed by atoms with Gasteiger partial charge < -0.3 is 0 Å². The molecule has 0 bridgehead atoms. The average molecular weight is 453 g/mol. The molecule has 2 N–H and O–H groups in total. The number of rotatable bonds is 5. The third-order valence-corrected chi connectivity index (χ3v) is 8.23. The number of carbonyl (C=O) groups excluding carboxylic acids is 1. The van der Waals surface area contributed by atoms with Crippen molar-refractivity contribution < 1.29 is 18.4 Å². The van der Waals surface area contributed by atoms with Crippen molar-refractivity contribution >= 4 is 45.2 Å². The molecule has 1 saturated heterocycles. The van der Waals surface area contributed by atoms with Crippen molar-refractivity contribution in [3.8, 4) is 0 Å². The Morgan fingerprint density at radius 2 is 1.90 bits per heavy atom. The molecule has 1 aliphatic carbocycles. The fourth-order valence-corrected chi connectivity index (χ4v) is 5.83. The Balaban J connectivity index is 1.52. The van der Waals surface area contributed by atoms with Crippen LogP contribution in [0.2, 0.25) is 10.0 Å². The Morgan fingerprint density at radius 1 is 1.17 bits per heavy atom. The molecule has 2 fully saturated rings. The first-order valence-electron chi connectivity index (χ1n) is 8.94. The topological polar surface area (TPSA) is 86.7 Å². The number of hydrogen-bond donors (Lipinski definition) is 2. The quantitative estimate of drug-likeness (QED) is 0.413. The van der Waals surface area contributed by atoms with E-state index in [-0.39, 0.29) is 16.2 Å². The molecule has 6 nitrogen and oxygen atoms in total. The van der Waals surface area contributed by atoms with Gasteiger partial charge in [0.2, 0.25) is 10.0 Å². The molecule has 0 unspecified atom stereocenters. The summed E-state index contributed by atoms with van der Waals surface area (Å²) in [6.07, 6.45) is 3.57. The number of fused-ring (bicyclic) bond motifs is 1. The molecule has 2 aromatic carbocycles. The molecular weight excluding hydrogens is 435 g/mol. The fraction of sp³-hybridized carbons (Fsp3) is 0.250. The molecule has 1 aliphatic heterocycles. The number of nitrogens with zero attached hydrogens (tertiary/aromatic N) is 1. The van der Waals surface area contributed by atoms with Crippen molar-refractivity contribution in [2.75, 3.05) is 13.1 Å². The zero-order chi connectivity index (χ0) is 20.8. The zero-order valence-electron chi connectivity index (χ0n) is 15.2. The maximum Gasteiger partial charge on any atom is 0.267 e. The van der Waals surface area contributed by atoms with Crippen molar-refractivity contribution in [2.45, 2.75) is 16.7 Å². The van der Waals surface area contributed by atoms with E-state index in [1.54, 1.807) is 18.2 Å². The van der Waals surface area contributed by atoms with Crippen LogP contribution in [-0.4, -0.2) is 36.9 Å². The van der Waals surface area contributed by atoms with Crippen LogP contribution in [0.4, 0.5) is 0 Å². The van der Waals surface area contributed by atoms with Gasteiger partial charge in [-0.2, -0.15) is 4.31 Å². The molecule has 2 atom stereocenters. The third kappa shape index (κ3) is 3.69. The molecule has 9 heteroatoms. The van der Waals surface area contributed by atoms with Crippen LogP contribution in [0.25, 0.3) is 6.08 Å². The number of halogens is 2. The maximum absolute atomic E-state index is 13.1. The number of nitrogens with one attached hydrogen (secondary N) is 1. The van der Waals surface area contributed by atoms with E-state index < -0.39 is 15.9 Å². The Morgan fingerprint density at radius 3 is 2.55 bits per heavy atom. The lowest BCUT2D eigenvalue weighted by atomic mass is 9.95. The van der Waals surface area contributed by atoms with E-state index in [2.05, 4.69) is 0 Å². The lowest BCUT2D eigenvalue weighted by Gasteiger charge is -2.21. The lowest BCUT2D eigenvalue weighted by Crippen LogP contribution is -2.32.